The third kappa shape index (κ3) is 3.05. The van der Waals surface area contributed by atoms with Crippen LogP contribution in [0.1, 0.15) is 37.4 Å². The molecular weight excluding hydrogens is 264 g/mol. The van der Waals surface area contributed by atoms with Crippen molar-refractivity contribution in [1.29, 1.82) is 0 Å². The standard InChI is InChI=1S/C13H17ClN4O/c1-8(15)12-16-17-13(19-12)18(3)9(2)10-5-4-6-11(14)7-10/h4-9H,15H2,1-3H3. The third-order valence-electron chi connectivity index (χ3n) is 3.03. The van der Waals surface area contributed by atoms with E-state index in [2.05, 4.69) is 10.2 Å². The van der Waals surface area contributed by atoms with Gasteiger partial charge in [-0.15, -0.1) is 5.10 Å². The lowest BCUT2D eigenvalue weighted by atomic mass is 10.1. The Morgan fingerprint density at radius 2 is 2.05 bits per heavy atom. The van der Waals surface area contributed by atoms with Crippen LogP contribution < -0.4 is 10.6 Å². The molecule has 6 heteroatoms. The van der Waals surface area contributed by atoms with Gasteiger partial charge in [0.1, 0.15) is 0 Å². The monoisotopic (exact) mass is 280 g/mol. The second-order valence-electron chi connectivity index (χ2n) is 4.55. The molecule has 0 aliphatic heterocycles. The molecule has 0 aliphatic carbocycles. The molecule has 0 fully saturated rings. The second kappa shape index (κ2) is 5.59. The van der Waals surface area contributed by atoms with Crippen LogP contribution in [0.5, 0.6) is 0 Å². The summed E-state index contributed by atoms with van der Waals surface area (Å²) in [6.45, 7) is 3.85. The smallest absolute Gasteiger partial charge is 0.318 e. The molecule has 1 aromatic heterocycles. The Hall–Kier alpha value is -1.59. The number of aromatic nitrogens is 2. The summed E-state index contributed by atoms with van der Waals surface area (Å²) < 4.78 is 5.53. The highest BCUT2D eigenvalue weighted by atomic mass is 35.5. The predicted octanol–water partition coefficient (Wildman–Crippen LogP) is 2.94. The van der Waals surface area contributed by atoms with Gasteiger partial charge in [-0.3, -0.25) is 0 Å². The van der Waals surface area contributed by atoms with Gasteiger partial charge in [-0.1, -0.05) is 28.8 Å². The maximum absolute atomic E-state index is 6.00. The molecule has 0 aliphatic rings. The minimum absolute atomic E-state index is 0.0695. The average molecular weight is 281 g/mol. The molecule has 0 bridgehead atoms. The van der Waals surface area contributed by atoms with Crippen molar-refractivity contribution in [2.75, 3.05) is 11.9 Å². The number of anilines is 1. The third-order valence-corrected chi connectivity index (χ3v) is 3.27. The molecule has 0 saturated carbocycles. The number of halogens is 1. The first kappa shape index (κ1) is 13.8. The lowest BCUT2D eigenvalue weighted by molar-refractivity contribution is 0.453. The zero-order valence-corrected chi connectivity index (χ0v) is 11.9. The number of hydrogen-bond acceptors (Lipinski definition) is 5. The Bertz CT molecular complexity index is 555. The van der Waals surface area contributed by atoms with Crippen LogP contribution in [0, 0.1) is 0 Å². The minimum Gasteiger partial charge on any atom is -0.406 e. The van der Waals surface area contributed by atoms with E-state index in [-0.39, 0.29) is 12.1 Å². The summed E-state index contributed by atoms with van der Waals surface area (Å²) in [7, 11) is 1.89. The summed E-state index contributed by atoms with van der Waals surface area (Å²) in [6.07, 6.45) is 0. The summed E-state index contributed by atoms with van der Waals surface area (Å²) in [4.78, 5) is 1.89. The van der Waals surface area contributed by atoms with Gasteiger partial charge < -0.3 is 15.1 Å². The fourth-order valence-corrected chi connectivity index (χ4v) is 1.91. The Morgan fingerprint density at radius 1 is 1.32 bits per heavy atom. The van der Waals surface area contributed by atoms with Crippen LogP contribution in [0.15, 0.2) is 28.7 Å². The van der Waals surface area contributed by atoms with Crippen molar-refractivity contribution in [3.8, 4) is 0 Å². The Balaban J connectivity index is 2.20. The molecule has 0 spiro atoms. The van der Waals surface area contributed by atoms with Gasteiger partial charge in [-0.05, 0) is 31.5 Å². The summed E-state index contributed by atoms with van der Waals surface area (Å²) in [6, 6.07) is 7.94. The number of nitrogens with two attached hydrogens (primary N) is 1. The van der Waals surface area contributed by atoms with Gasteiger partial charge in [0, 0.05) is 12.1 Å². The quantitative estimate of drug-likeness (QED) is 0.932. The average Bonchev–Trinajstić information content (AvgIpc) is 2.86. The highest BCUT2D eigenvalue weighted by Gasteiger charge is 2.19. The summed E-state index contributed by atoms with van der Waals surface area (Å²) >= 11 is 6.00. The SMILES string of the molecule is CC(N)c1nnc(N(C)C(C)c2cccc(Cl)c2)o1. The predicted molar refractivity (Wildman–Crippen MR) is 75.2 cm³/mol. The highest BCUT2D eigenvalue weighted by molar-refractivity contribution is 6.30. The second-order valence-corrected chi connectivity index (χ2v) is 4.99. The lowest BCUT2D eigenvalue weighted by Gasteiger charge is -2.23. The summed E-state index contributed by atoms with van der Waals surface area (Å²) in [5, 5.41) is 8.63. The van der Waals surface area contributed by atoms with E-state index in [0.29, 0.717) is 16.9 Å². The van der Waals surface area contributed by atoms with Gasteiger partial charge in [0.15, 0.2) is 0 Å². The van der Waals surface area contributed by atoms with E-state index in [1.54, 1.807) is 6.92 Å². The van der Waals surface area contributed by atoms with E-state index >= 15 is 0 Å². The van der Waals surface area contributed by atoms with Gasteiger partial charge in [0.2, 0.25) is 5.89 Å². The van der Waals surface area contributed by atoms with Crippen LogP contribution >= 0.6 is 11.6 Å². The zero-order valence-electron chi connectivity index (χ0n) is 11.2. The fraction of sp³-hybridized carbons (Fsp3) is 0.385. The van der Waals surface area contributed by atoms with Crippen molar-refractivity contribution in [3.63, 3.8) is 0 Å². The van der Waals surface area contributed by atoms with Crippen LogP contribution in [0.25, 0.3) is 0 Å². The molecule has 1 aromatic carbocycles. The molecule has 2 atom stereocenters. The van der Waals surface area contributed by atoms with Crippen molar-refractivity contribution >= 4 is 17.6 Å². The molecule has 19 heavy (non-hydrogen) atoms. The Kier molecular flexibility index (Phi) is 4.07. The van der Waals surface area contributed by atoms with E-state index in [0.717, 1.165) is 5.56 Å². The lowest BCUT2D eigenvalue weighted by Crippen LogP contribution is -2.21. The van der Waals surface area contributed by atoms with Crippen LogP contribution in [-0.2, 0) is 0 Å². The minimum atomic E-state index is -0.267. The molecular formula is C13H17ClN4O. The summed E-state index contributed by atoms with van der Waals surface area (Å²) in [5.74, 6) is 0.431. The van der Waals surface area contributed by atoms with Crippen molar-refractivity contribution in [2.45, 2.75) is 25.9 Å². The topological polar surface area (TPSA) is 68.2 Å². The molecule has 2 N–H and O–H groups in total. The molecule has 102 valence electrons. The van der Waals surface area contributed by atoms with E-state index in [1.807, 2.05) is 43.1 Å². The molecule has 2 unspecified atom stereocenters. The first-order chi connectivity index (χ1) is 8.99. The zero-order chi connectivity index (χ0) is 14.0. The maximum Gasteiger partial charge on any atom is 0.318 e. The molecule has 5 nitrogen and oxygen atoms in total. The first-order valence-electron chi connectivity index (χ1n) is 6.06. The molecule has 0 radical (unpaired) electrons. The van der Waals surface area contributed by atoms with Crippen molar-refractivity contribution in [3.05, 3.63) is 40.7 Å². The van der Waals surface area contributed by atoms with Crippen molar-refractivity contribution < 1.29 is 4.42 Å². The molecule has 0 saturated heterocycles. The van der Waals surface area contributed by atoms with Crippen LogP contribution in [-0.4, -0.2) is 17.2 Å². The molecule has 0 amide bonds. The van der Waals surface area contributed by atoms with E-state index < -0.39 is 0 Å². The number of rotatable bonds is 4. The van der Waals surface area contributed by atoms with Gasteiger partial charge in [-0.2, -0.15) is 0 Å². The number of benzene rings is 1. The van der Waals surface area contributed by atoms with Gasteiger partial charge in [-0.25, -0.2) is 0 Å². The molecule has 1 heterocycles. The normalized spacial score (nSPS) is 14.2. The maximum atomic E-state index is 6.00. The molecule has 2 rings (SSSR count). The van der Waals surface area contributed by atoms with Crippen molar-refractivity contribution in [1.82, 2.24) is 10.2 Å². The number of nitrogens with zero attached hydrogens (tertiary/aromatic N) is 3. The van der Waals surface area contributed by atoms with E-state index in [4.69, 9.17) is 21.8 Å². The van der Waals surface area contributed by atoms with Crippen LogP contribution in [0.2, 0.25) is 5.02 Å². The van der Waals surface area contributed by atoms with Crippen LogP contribution in [0.4, 0.5) is 6.01 Å². The first-order valence-corrected chi connectivity index (χ1v) is 6.44. The van der Waals surface area contributed by atoms with Crippen LogP contribution in [0.3, 0.4) is 0 Å². The number of hydrogen-bond donors (Lipinski definition) is 1. The van der Waals surface area contributed by atoms with Gasteiger partial charge in [0.05, 0.1) is 12.1 Å². The largest absolute Gasteiger partial charge is 0.406 e. The van der Waals surface area contributed by atoms with E-state index in [1.165, 1.54) is 0 Å². The Labute approximate surface area is 117 Å². The molecule has 2 aromatic rings. The Morgan fingerprint density at radius 3 is 2.63 bits per heavy atom. The van der Waals surface area contributed by atoms with Gasteiger partial charge in [0.25, 0.3) is 0 Å². The highest BCUT2D eigenvalue weighted by Crippen LogP contribution is 2.26. The van der Waals surface area contributed by atoms with Crippen molar-refractivity contribution in [2.24, 2.45) is 5.73 Å². The van der Waals surface area contributed by atoms with Gasteiger partial charge >= 0.3 is 6.01 Å². The fourth-order valence-electron chi connectivity index (χ4n) is 1.71. The summed E-state index contributed by atoms with van der Waals surface area (Å²) in [5.41, 5.74) is 6.78. The van der Waals surface area contributed by atoms with E-state index in [9.17, 15) is 0 Å².